The highest BCUT2D eigenvalue weighted by molar-refractivity contribution is 9.09. The van der Waals surface area contributed by atoms with Gasteiger partial charge in [0.15, 0.2) is 0 Å². The number of rotatable bonds is 2. The zero-order chi connectivity index (χ0) is 7.61. The Balaban J connectivity index is 2.41. The van der Waals surface area contributed by atoms with Crippen LogP contribution in [0.2, 0.25) is 0 Å². The fourth-order valence-corrected chi connectivity index (χ4v) is 1.75. The SMILES string of the molecule is CC[C@@]1(C)CO[C@@H](CBr)C1. The van der Waals surface area contributed by atoms with Gasteiger partial charge in [-0.15, -0.1) is 0 Å². The van der Waals surface area contributed by atoms with E-state index < -0.39 is 0 Å². The van der Waals surface area contributed by atoms with Gasteiger partial charge < -0.3 is 4.74 Å². The van der Waals surface area contributed by atoms with Crippen LogP contribution in [0.1, 0.15) is 26.7 Å². The summed E-state index contributed by atoms with van der Waals surface area (Å²) in [5.74, 6) is 0. The topological polar surface area (TPSA) is 9.23 Å². The van der Waals surface area contributed by atoms with Crippen molar-refractivity contribution in [2.75, 3.05) is 11.9 Å². The second-order valence-electron chi connectivity index (χ2n) is 3.46. The van der Waals surface area contributed by atoms with Crippen molar-refractivity contribution >= 4 is 15.9 Å². The van der Waals surface area contributed by atoms with Gasteiger partial charge in [-0.05, 0) is 18.3 Å². The average molecular weight is 207 g/mol. The Bertz CT molecular complexity index is 116. The van der Waals surface area contributed by atoms with Crippen LogP contribution in [0.25, 0.3) is 0 Å². The molecule has 0 radical (unpaired) electrons. The molecule has 2 heteroatoms. The number of halogens is 1. The van der Waals surface area contributed by atoms with Gasteiger partial charge in [-0.3, -0.25) is 0 Å². The first kappa shape index (κ1) is 8.54. The van der Waals surface area contributed by atoms with Crippen molar-refractivity contribution in [3.8, 4) is 0 Å². The maximum atomic E-state index is 5.56. The van der Waals surface area contributed by atoms with Crippen molar-refractivity contribution in [3.05, 3.63) is 0 Å². The monoisotopic (exact) mass is 206 g/mol. The number of hydrogen-bond donors (Lipinski definition) is 0. The largest absolute Gasteiger partial charge is 0.377 e. The number of alkyl halides is 1. The average Bonchev–Trinajstić information content (AvgIpc) is 2.33. The molecule has 0 saturated carbocycles. The van der Waals surface area contributed by atoms with E-state index in [0.29, 0.717) is 11.5 Å². The van der Waals surface area contributed by atoms with Gasteiger partial charge in [0, 0.05) is 5.33 Å². The molecule has 0 N–H and O–H groups in total. The summed E-state index contributed by atoms with van der Waals surface area (Å²) in [6.07, 6.45) is 2.91. The Kier molecular flexibility index (Phi) is 2.75. The molecule has 2 atom stereocenters. The second-order valence-corrected chi connectivity index (χ2v) is 4.10. The highest BCUT2D eigenvalue weighted by Crippen LogP contribution is 2.35. The molecule has 10 heavy (non-hydrogen) atoms. The summed E-state index contributed by atoms with van der Waals surface area (Å²) in [6, 6.07) is 0. The van der Waals surface area contributed by atoms with E-state index >= 15 is 0 Å². The lowest BCUT2D eigenvalue weighted by atomic mass is 9.85. The van der Waals surface area contributed by atoms with Crippen molar-refractivity contribution in [2.24, 2.45) is 5.41 Å². The van der Waals surface area contributed by atoms with Gasteiger partial charge in [0.25, 0.3) is 0 Å². The molecule has 1 nitrogen and oxygen atoms in total. The summed E-state index contributed by atoms with van der Waals surface area (Å²) < 4.78 is 5.56. The maximum Gasteiger partial charge on any atom is 0.0678 e. The normalized spacial score (nSPS) is 40.5. The molecule has 1 heterocycles. The molecule has 0 aromatic carbocycles. The summed E-state index contributed by atoms with van der Waals surface area (Å²) in [4.78, 5) is 0. The van der Waals surface area contributed by atoms with Gasteiger partial charge in [0.2, 0.25) is 0 Å². The quantitative estimate of drug-likeness (QED) is 0.632. The van der Waals surface area contributed by atoms with Crippen LogP contribution in [0, 0.1) is 5.41 Å². The lowest BCUT2D eigenvalue weighted by Gasteiger charge is -2.18. The van der Waals surface area contributed by atoms with E-state index in [4.69, 9.17) is 4.74 Å². The van der Waals surface area contributed by atoms with Gasteiger partial charge in [0.05, 0.1) is 12.7 Å². The van der Waals surface area contributed by atoms with Gasteiger partial charge in [0.1, 0.15) is 0 Å². The first-order valence-electron chi connectivity index (χ1n) is 3.88. The van der Waals surface area contributed by atoms with Crippen LogP contribution in [0.15, 0.2) is 0 Å². The third-order valence-corrected chi connectivity index (χ3v) is 3.14. The Labute approximate surface area is 71.3 Å². The first-order valence-corrected chi connectivity index (χ1v) is 5.00. The minimum absolute atomic E-state index is 0.457. The Morgan fingerprint density at radius 2 is 2.40 bits per heavy atom. The molecule has 0 unspecified atom stereocenters. The van der Waals surface area contributed by atoms with Crippen molar-refractivity contribution in [2.45, 2.75) is 32.8 Å². The summed E-state index contributed by atoms with van der Waals surface area (Å²) in [5.41, 5.74) is 0.457. The van der Waals surface area contributed by atoms with Crippen molar-refractivity contribution in [3.63, 3.8) is 0 Å². The van der Waals surface area contributed by atoms with Crippen LogP contribution in [0.5, 0.6) is 0 Å². The number of hydrogen-bond acceptors (Lipinski definition) is 1. The van der Waals surface area contributed by atoms with Crippen LogP contribution < -0.4 is 0 Å². The summed E-state index contributed by atoms with van der Waals surface area (Å²) >= 11 is 3.43. The molecule has 0 aliphatic carbocycles. The second kappa shape index (κ2) is 3.22. The standard InChI is InChI=1S/C8H15BrO/c1-3-8(2)4-7(5-9)10-6-8/h7H,3-6H2,1-2H3/t7-,8-/m1/s1. The molecule has 1 fully saturated rings. The fourth-order valence-electron chi connectivity index (χ4n) is 1.33. The third kappa shape index (κ3) is 1.73. The molecular weight excluding hydrogens is 192 g/mol. The van der Waals surface area contributed by atoms with E-state index in [1.807, 2.05) is 0 Å². The van der Waals surface area contributed by atoms with Gasteiger partial charge in [-0.25, -0.2) is 0 Å². The Morgan fingerprint density at radius 3 is 2.70 bits per heavy atom. The van der Waals surface area contributed by atoms with Crippen molar-refractivity contribution in [1.29, 1.82) is 0 Å². The molecule has 1 aliphatic rings. The minimum atomic E-state index is 0.457. The predicted octanol–water partition coefficient (Wildman–Crippen LogP) is 2.59. The highest BCUT2D eigenvalue weighted by Gasteiger charge is 2.33. The zero-order valence-electron chi connectivity index (χ0n) is 6.69. The van der Waals surface area contributed by atoms with E-state index in [2.05, 4.69) is 29.8 Å². The molecule has 1 rings (SSSR count). The minimum Gasteiger partial charge on any atom is -0.377 e. The van der Waals surface area contributed by atoms with E-state index in [1.165, 1.54) is 12.8 Å². The van der Waals surface area contributed by atoms with E-state index in [0.717, 1.165) is 11.9 Å². The number of ether oxygens (including phenoxy) is 1. The van der Waals surface area contributed by atoms with Crippen molar-refractivity contribution < 1.29 is 4.74 Å². The lowest BCUT2D eigenvalue weighted by Crippen LogP contribution is -2.14. The van der Waals surface area contributed by atoms with Crippen LogP contribution >= 0.6 is 15.9 Å². The third-order valence-electron chi connectivity index (χ3n) is 2.41. The fraction of sp³-hybridized carbons (Fsp3) is 1.00. The molecule has 0 aromatic heterocycles. The van der Waals surface area contributed by atoms with E-state index in [1.54, 1.807) is 0 Å². The molecule has 0 spiro atoms. The Hall–Kier alpha value is 0.440. The Morgan fingerprint density at radius 1 is 1.70 bits per heavy atom. The maximum absolute atomic E-state index is 5.56. The lowest BCUT2D eigenvalue weighted by molar-refractivity contribution is 0.111. The molecule has 0 amide bonds. The molecule has 0 aromatic rings. The molecule has 60 valence electrons. The zero-order valence-corrected chi connectivity index (χ0v) is 8.28. The van der Waals surface area contributed by atoms with Gasteiger partial charge in [-0.2, -0.15) is 0 Å². The molecule has 0 bridgehead atoms. The van der Waals surface area contributed by atoms with Gasteiger partial charge in [-0.1, -0.05) is 29.8 Å². The van der Waals surface area contributed by atoms with Crippen LogP contribution in [-0.4, -0.2) is 18.0 Å². The molecule has 1 saturated heterocycles. The first-order chi connectivity index (χ1) is 4.70. The van der Waals surface area contributed by atoms with Gasteiger partial charge >= 0.3 is 0 Å². The highest BCUT2D eigenvalue weighted by atomic mass is 79.9. The summed E-state index contributed by atoms with van der Waals surface area (Å²) in [5, 5.41) is 0.989. The van der Waals surface area contributed by atoms with E-state index in [9.17, 15) is 0 Å². The van der Waals surface area contributed by atoms with Crippen molar-refractivity contribution in [1.82, 2.24) is 0 Å². The van der Waals surface area contributed by atoms with E-state index in [-0.39, 0.29) is 0 Å². The van der Waals surface area contributed by atoms with Crippen LogP contribution in [0.4, 0.5) is 0 Å². The van der Waals surface area contributed by atoms with Crippen LogP contribution in [0.3, 0.4) is 0 Å². The smallest absolute Gasteiger partial charge is 0.0678 e. The summed E-state index contributed by atoms with van der Waals surface area (Å²) in [7, 11) is 0. The predicted molar refractivity (Wildman–Crippen MR) is 46.5 cm³/mol. The van der Waals surface area contributed by atoms with Crippen LogP contribution in [-0.2, 0) is 4.74 Å². The molecule has 1 aliphatic heterocycles. The molecular formula is C8H15BrO. The summed E-state index contributed by atoms with van der Waals surface area (Å²) in [6.45, 7) is 5.48.